The van der Waals surface area contributed by atoms with Gasteiger partial charge < -0.3 is 10.2 Å². The fourth-order valence-corrected chi connectivity index (χ4v) is 2.22. The van der Waals surface area contributed by atoms with Crippen LogP contribution < -0.4 is 10.2 Å². The van der Waals surface area contributed by atoms with Crippen molar-refractivity contribution in [1.29, 1.82) is 0 Å². The van der Waals surface area contributed by atoms with Gasteiger partial charge in [0.2, 0.25) is 17.2 Å². The van der Waals surface area contributed by atoms with Gasteiger partial charge in [-0.05, 0) is 68.3 Å². The van der Waals surface area contributed by atoms with E-state index in [1.54, 1.807) is 4.90 Å². The van der Waals surface area contributed by atoms with Gasteiger partial charge in [0, 0.05) is 27.8 Å². The zero-order valence-corrected chi connectivity index (χ0v) is 14.7. The summed E-state index contributed by atoms with van der Waals surface area (Å²) in [5.74, 6) is 0.927. The van der Waals surface area contributed by atoms with Crippen LogP contribution >= 0.6 is 50.1 Å². The van der Waals surface area contributed by atoms with E-state index in [1.807, 2.05) is 32.3 Å². The number of anilines is 3. The minimum absolute atomic E-state index is 0.160. The van der Waals surface area contributed by atoms with Gasteiger partial charge in [-0.25, -0.2) is 0 Å². The first-order chi connectivity index (χ1) is 8.95. The normalized spacial score (nSPS) is 10.4. The van der Waals surface area contributed by atoms with Crippen molar-refractivity contribution in [2.24, 2.45) is 0 Å². The van der Waals surface area contributed by atoms with E-state index >= 15 is 0 Å². The SMILES string of the molecule is CN(C)c1nc(Cl)nc(Nc2ccc(Br)c(I)c2)n1. The zero-order chi connectivity index (χ0) is 14.0. The number of aromatic nitrogens is 3. The summed E-state index contributed by atoms with van der Waals surface area (Å²) in [5.41, 5.74) is 0.888. The molecule has 0 aliphatic heterocycles. The van der Waals surface area contributed by atoms with Crippen LogP contribution in [0.1, 0.15) is 0 Å². The van der Waals surface area contributed by atoms with Crippen LogP contribution in [-0.4, -0.2) is 29.0 Å². The second-order valence-electron chi connectivity index (χ2n) is 3.88. The lowest BCUT2D eigenvalue weighted by atomic mass is 10.3. The average Bonchev–Trinajstić information content (AvgIpc) is 2.33. The van der Waals surface area contributed by atoms with Crippen molar-refractivity contribution in [2.75, 3.05) is 24.3 Å². The van der Waals surface area contributed by atoms with Crippen molar-refractivity contribution < 1.29 is 0 Å². The number of nitrogens with zero attached hydrogens (tertiary/aromatic N) is 4. The highest BCUT2D eigenvalue weighted by molar-refractivity contribution is 14.1. The Morgan fingerprint density at radius 3 is 2.63 bits per heavy atom. The lowest BCUT2D eigenvalue weighted by molar-refractivity contribution is 0.961. The topological polar surface area (TPSA) is 53.9 Å². The number of benzene rings is 1. The molecule has 1 N–H and O–H groups in total. The van der Waals surface area contributed by atoms with E-state index in [4.69, 9.17) is 11.6 Å². The average molecular weight is 454 g/mol. The summed E-state index contributed by atoms with van der Waals surface area (Å²) in [6.07, 6.45) is 0. The first kappa shape index (κ1) is 14.7. The number of hydrogen-bond acceptors (Lipinski definition) is 5. The van der Waals surface area contributed by atoms with E-state index < -0.39 is 0 Å². The molecule has 0 atom stereocenters. The van der Waals surface area contributed by atoms with Crippen LogP contribution in [0.15, 0.2) is 22.7 Å². The van der Waals surface area contributed by atoms with Crippen LogP contribution in [-0.2, 0) is 0 Å². The molecular weight excluding hydrogens is 444 g/mol. The molecule has 0 aliphatic rings. The van der Waals surface area contributed by atoms with Crippen LogP contribution in [0.4, 0.5) is 17.6 Å². The van der Waals surface area contributed by atoms with Crippen molar-refractivity contribution in [3.63, 3.8) is 0 Å². The molecule has 19 heavy (non-hydrogen) atoms. The molecular formula is C11H10BrClIN5. The molecule has 0 spiro atoms. The predicted octanol–water partition coefficient (Wildman–Crippen LogP) is 3.70. The number of hydrogen-bond donors (Lipinski definition) is 1. The maximum Gasteiger partial charge on any atom is 0.233 e. The van der Waals surface area contributed by atoms with Crippen LogP contribution in [0.5, 0.6) is 0 Å². The molecule has 8 heteroatoms. The summed E-state index contributed by atoms with van der Waals surface area (Å²) in [6.45, 7) is 0. The predicted molar refractivity (Wildman–Crippen MR) is 89.3 cm³/mol. The highest BCUT2D eigenvalue weighted by Gasteiger charge is 2.07. The smallest absolute Gasteiger partial charge is 0.233 e. The molecule has 1 heterocycles. The standard InChI is InChI=1S/C11H10BrClIN5/c1-19(2)11-17-9(13)16-10(18-11)15-6-3-4-7(12)8(14)5-6/h3-5H,1-2H3,(H,15,16,17,18). The van der Waals surface area contributed by atoms with Crippen LogP contribution in [0.25, 0.3) is 0 Å². The summed E-state index contributed by atoms with van der Waals surface area (Å²) in [6, 6.07) is 5.87. The fourth-order valence-electron chi connectivity index (χ4n) is 1.30. The molecule has 0 saturated carbocycles. The zero-order valence-electron chi connectivity index (χ0n) is 10.2. The maximum atomic E-state index is 5.88. The Kier molecular flexibility index (Phi) is 4.80. The van der Waals surface area contributed by atoms with E-state index in [2.05, 4.69) is 58.8 Å². The first-order valence-corrected chi connectivity index (χ1v) is 7.51. The molecule has 2 rings (SSSR count). The molecule has 2 aromatic rings. The van der Waals surface area contributed by atoms with E-state index in [0.717, 1.165) is 13.7 Å². The summed E-state index contributed by atoms with van der Waals surface area (Å²) in [5, 5.41) is 3.27. The number of halogens is 3. The molecule has 100 valence electrons. The molecule has 0 saturated heterocycles. The van der Waals surface area contributed by atoms with E-state index in [0.29, 0.717) is 11.9 Å². The van der Waals surface area contributed by atoms with Gasteiger partial charge >= 0.3 is 0 Å². The molecule has 0 fully saturated rings. The summed E-state index contributed by atoms with van der Waals surface area (Å²) in [7, 11) is 3.69. The van der Waals surface area contributed by atoms with Crippen molar-refractivity contribution >= 4 is 67.7 Å². The fraction of sp³-hybridized carbons (Fsp3) is 0.182. The first-order valence-electron chi connectivity index (χ1n) is 5.26. The van der Waals surface area contributed by atoms with Gasteiger partial charge in [0.15, 0.2) is 0 Å². The molecule has 1 aromatic heterocycles. The third-order valence-corrected chi connectivity index (χ3v) is 4.67. The highest BCUT2D eigenvalue weighted by atomic mass is 127. The second kappa shape index (κ2) is 6.19. The van der Waals surface area contributed by atoms with Crippen molar-refractivity contribution in [2.45, 2.75) is 0 Å². The molecule has 0 amide bonds. The Bertz CT molecular complexity index is 608. The minimum Gasteiger partial charge on any atom is -0.347 e. The molecule has 1 aromatic carbocycles. The Labute approximate surface area is 138 Å². The molecule has 5 nitrogen and oxygen atoms in total. The summed E-state index contributed by atoms with van der Waals surface area (Å²) in [4.78, 5) is 14.1. The van der Waals surface area contributed by atoms with Crippen LogP contribution in [0, 0.1) is 3.57 Å². The Morgan fingerprint density at radius 1 is 1.26 bits per heavy atom. The van der Waals surface area contributed by atoms with Gasteiger partial charge in [-0.2, -0.15) is 15.0 Å². The monoisotopic (exact) mass is 453 g/mol. The van der Waals surface area contributed by atoms with Gasteiger partial charge in [0.25, 0.3) is 0 Å². The lowest BCUT2D eigenvalue weighted by Gasteiger charge is -2.12. The Balaban J connectivity index is 2.29. The van der Waals surface area contributed by atoms with Crippen LogP contribution in [0.2, 0.25) is 5.28 Å². The lowest BCUT2D eigenvalue weighted by Crippen LogP contribution is -2.14. The second-order valence-corrected chi connectivity index (χ2v) is 6.23. The van der Waals surface area contributed by atoms with Gasteiger partial charge in [-0.3, -0.25) is 0 Å². The maximum absolute atomic E-state index is 5.88. The van der Waals surface area contributed by atoms with Gasteiger partial charge in [0.05, 0.1) is 0 Å². The van der Waals surface area contributed by atoms with Crippen LogP contribution in [0.3, 0.4) is 0 Å². The third-order valence-electron chi connectivity index (χ3n) is 2.17. The quantitative estimate of drug-likeness (QED) is 0.717. The Morgan fingerprint density at radius 2 is 2.00 bits per heavy atom. The van der Waals surface area contributed by atoms with Crippen molar-refractivity contribution in [1.82, 2.24) is 15.0 Å². The van der Waals surface area contributed by atoms with Gasteiger partial charge in [-0.15, -0.1) is 0 Å². The van der Waals surface area contributed by atoms with Crippen molar-refractivity contribution in [3.05, 3.63) is 31.5 Å². The molecule has 0 aliphatic carbocycles. The molecule has 0 bridgehead atoms. The van der Waals surface area contributed by atoms with E-state index in [1.165, 1.54) is 0 Å². The summed E-state index contributed by atoms with van der Waals surface area (Å²) >= 11 is 11.6. The molecule has 0 unspecified atom stereocenters. The third kappa shape index (κ3) is 3.90. The molecule has 0 radical (unpaired) electrons. The van der Waals surface area contributed by atoms with E-state index in [9.17, 15) is 0 Å². The summed E-state index contributed by atoms with van der Waals surface area (Å²) < 4.78 is 2.14. The minimum atomic E-state index is 0.160. The van der Waals surface area contributed by atoms with E-state index in [-0.39, 0.29) is 5.28 Å². The highest BCUT2D eigenvalue weighted by Crippen LogP contribution is 2.24. The van der Waals surface area contributed by atoms with Gasteiger partial charge in [0.1, 0.15) is 0 Å². The number of nitrogens with one attached hydrogen (secondary N) is 1. The van der Waals surface area contributed by atoms with Crippen molar-refractivity contribution in [3.8, 4) is 0 Å². The van der Waals surface area contributed by atoms with Gasteiger partial charge in [-0.1, -0.05) is 0 Å². The largest absolute Gasteiger partial charge is 0.347 e. The number of rotatable bonds is 3. The Hall–Kier alpha value is -0.670.